The van der Waals surface area contributed by atoms with E-state index in [1.54, 1.807) is 18.2 Å². The molecule has 0 unspecified atom stereocenters. The van der Waals surface area contributed by atoms with Crippen LogP contribution in [0.4, 0.5) is 19.1 Å². The summed E-state index contributed by atoms with van der Waals surface area (Å²) in [5.41, 5.74) is 3.96. The Morgan fingerprint density at radius 3 is 2.12 bits per heavy atom. The summed E-state index contributed by atoms with van der Waals surface area (Å²) in [6.07, 6.45) is -0.465. The molecule has 170 valence electrons. The van der Waals surface area contributed by atoms with Gasteiger partial charge in [0.05, 0.1) is 10.5 Å². The van der Waals surface area contributed by atoms with Crippen LogP contribution in [-0.4, -0.2) is 25.5 Å². The number of hydrogen-bond acceptors (Lipinski definition) is 6. The molecule has 32 heavy (non-hydrogen) atoms. The third-order valence-corrected chi connectivity index (χ3v) is 6.58. The van der Waals surface area contributed by atoms with Crippen molar-refractivity contribution in [3.05, 3.63) is 60.2 Å². The number of halogens is 3. The van der Waals surface area contributed by atoms with Crippen LogP contribution in [-0.2, 0) is 16.0 Å². The Morgan fingerprint density at radius 2 is 1.56 bits per heavy atom. The van der Waals surface area contributed by atoms with Crippen LogP contribution >= 0.6 is 0 Å². The van der Waals surface area contributed by atoms with Crippen molar-refractivity contribution in [3.8, 4) is 11.5 Å². The summed E-state index contributed by atoms with van der Waals surface area (Å²) in [4.78, 5) is 3.95. The molecule has 1 aromatic heterocycles. The molecule has 0 bridgehead atoms. The second-order valence-electron chi connectivity index (χ2n) is 7.77. The molecule has 2 fully saturated rings. The summed E-state index contributed by atoms with van der Waals surface area (Å²) in [5.74, 6) is -0.538. The van der Waals surface area contributed by atoms with Gasteiger partial charge in [-0.05, 0) is 49.9 Å². The summed E-state index contributed by atoms with van der Waals surface area (Å²) < 4.78 is 71.6. The van der Waals surface area contributed by atoms with Crippen molar-refractivity contribution in [2.75, 3.05) is 5.32 Å². The highest BCUT2D eigenvalue weighted by molar-refractivity contribution is 7.91. The second kappa shape index (κ2) is 8.59. The predicted molar refractivity (Wildman–Crippen MR) is 113 cm³/mol. The first-order valence-corrected chi connectivity index (χ1v) is 11.6. The van der Waals surface area contributed by atoms with Crippen molar-refractivity contribution < 1.29 is 26.0 Å². The van der Waals surface area contributed by atoms with Gasteiger partial charge < -0.3 is 15.5 Å². The normalized spacial score (nSPS) is 16.2. The van der Waals surface area contributed by atoms with Gasteiger partial charge in [-0.25, -0.2) is 8.42 Å². The van der Waals surface area contributed by atoms with Crippen LogP contribution < -0.4 is 11.1 Å². The molecule has 3 aromatic rings. The first kappa shape index (κ1) is 22.3. The molecule has 2 aromatic carbocycles. The number of hydrogen-bond donors (Lipinski definition) is 2. The lowest BCUT2D eigenvalue weighted by Gasteiger charge is -2.09. The molecule has 10 heteroatoms. The minimum Gasteiger partial charge on any atom is -0.419 e. The molecule has 0 spiro atoms. The van der Waals surface area contributed by atoms with Crippen LogP contribution in [0.3, 0.4) is 0 Å². The first-order valence-electron chi connectivity index (χ1n) is 10.2. The van der Waals surface area contributed by atoms with Gasteiger partial charge in [-0.1, -0.05) is 30.3 Å². The zero-order valence-electron chi connectivity index (χ0n) is 17.0. The molecular weight excluding hydrogens is 443 g/mol. The van der Waals surface area contributed by atoms with E-state index >= 15 is 0 Å². The minimum atomic E-state index is -4.63. The van der Waals surface area contributed by atoms with Crippen molar-refractivity contribution in [2.45, 2.75) is 53.9 Å². The van der Waals surface area contributed by atoms with Gasteiger partial charge in [0, 0.05) is 17.6 Å². The van der Waals surface area contributed by atoms with Gasteiger partial charge in [-0.15, -0.1) is 0 Å². The van der Waals surface area contributed by atoms with Crippen molar-refractivity contribution in [1.82, 2.24) is 4.98 Å². The third kappa shape index (κ3) is 5.13. The lowest BCUT2D eigenvalue weighted by molar-refractivity contribution is -0.137. The Balaban J connectivity index is 0.000000552. The van der Waals surface area contributed by atoms with Gasteiger partial charge in [-0.3, -0.25) is 0 Å². The monoisotopic (exact) mass is 465 g/mol. The van der Waals surface area contributed by atoms with E-state index in [0.29, 0.717) is 6.04 Å². The fourth-order valence-corrected chi connectivity index (χ4v) is 4.12. The number of anilines is 1. The Hall–Kier alpha value is -2.85. The summed E-state index contributed by atoms with van der Waals surface area (Å²) in [6, 6.07) is 12.9. The molecule has 2 aliphatic carbocycles. The lowest BCUT2D eigenvalue weighted by Crippen LogP contribution is -2.08. The lowest BCUT2D eigenvalue weighted by atomic mass is 10.1. The first-order chi connectivity index (χ1) is 15.2. The Labute approximate surface area is 183 Å². The molecule has 1 heterocycles. The van der Waals surface area contributed by atoms with Gasteiger partial charge in [0.2, 0.25) is 26.6 Å². The van der Waals surface area contributed by atoms with E-state index in [9.17, 15) is 21.6 Å². The number of nitrogens with two attached hydrogens (primary N) is 1. The van der Waals surface area contributed by atoms with E-state index in [2.05, 4.69) is 10.3 Å². The standard InChI is InChI=1S/C19H15F3N2O3S.C3H7N/c20-19(21,22)15-9-5-4-8-14(15)16-24-18(17(27-16)23-12-10-11-12)28(25,26)13-6-2-1-3-7-13;4-3-1-2-3/h1-9,12,23H,10-11H2;3H,1-2,4H2. The molecule has 0 atom stereocenters. The van der Waals surface area contributed by atoms with Crippen LogP contribution in [0.15, 0.2) is 68.9 Å². The molecule has 0 saturated heterocycles. The highest BCUT2D eigenvalue weighted by Gasteiger charge is 2.37. The van der Waals surface area contributed by atoms with Crippen LogP contribution in [0.5, 0.6) is 0 Å². The number of rotatable bonds is 5. The summed E-state index contributed by atoms with van der Waals surface area (Å²) >= 11 is 0. The quantitative estimate of drug-likeness (QED) is 0.558. The summed E-state index contributed by atoms with van der Waals surface area (Å²) in [5, 5.41) is 2.50. The Bertz CT molecular complexity index is 1190. The number of oxazole rings is 1. The van der Waals surface area contributed by atoms with E-state index < -0.39 is 32.5 Å². The maximum Gasteiger partial charge on any atom is 0.417 e. The summed E-state index contributed by atoms with van der Waals surface area (Å²) in [7, 11) is -4.07. The molecule has 3 N–H and O–H groups in total. The van der Waals surface area contributed by atoms with Crippen LogP contribution in [0.1, 0.15) is 31.2 Å². The number of aromatic nitrogens is 1. The molecule has 0 radical (unpaired) electrons. The Kier molecular flexibility index (Phi) is 6.00. The fraction of sp³-hybridized carbons (Fsp3) is 0.318. The number of sulfone groups is 1. The van der Waals surface area contributed by atoms with Crippen molar-refractivity contribution in [2.24, 2.45) is 5.73 Å². The van der Waals surface area contributed by atoms with Crippen LogP contribution in [0.25, 0.3) is 11.5 Å². The average Bonchev–Trinajstić information content (AvgIpc) is 3.69. The van der Waals surface area contributed by atoms with Crippen LogP contribution in [0, 0.1) is 0 Å². The smallest absolute Gasteiger partial charge is 0.417 e. The van der Waals surface area contributed by atoms with E-state index in [0.717, 1.165) is 18.9 Å². The van der Waals surface area contributed by atoms with Crippen molar-refractivity contribution >= 4 is 15.7 Å². The topological polar surface area (TPSA) is 98.2 Å². The van der Waals surface area contributed by atoms with E-state index in [1.807, 2.05) is 0 Å². The van der Waals surface area contributed by atoms with Gasteiger partial charge in [0.1, 0.15) is 0 Å². The van der Waals surface area contributed by atoms with Gasteiger partial charge in [-0.2, -0.15) is 18.2 Å². The predicted octanol–water partition coefficient (Wildman–Crippen LogP) is 4.88. The average molecular weight is 465 g/mol. The molecule has 0 aliphatic heterocycles. The minimum absolute atomic E-state index is 0.0159. The van der Waals surface area contributed by atoms with Gasteiger partial charge in [0.15, 0.2) is 0 Å². The molecule has 2 aliphatic rings. The van der Waals surface area contributed by atoms with Crippen LogP contribution in [0.2, 0.25) is 0 Å². The zero-order valence-corrected chi connectivity index (χ0v) is 17.8. The number of nitrogens with one attached hydrogen (secondary N) is 1. The Morgan fingerprint density at radius 1 is 0.969 bits per heavy atom. The molecule has 2 saturated carbocycles. The van der Waals surface area contributed by atoms with E-state index in [-0.39, 0.29) is 22.4 Å². The zero-order chi connectivity index (χ0) is 22.9. The largest absolute Gasteiger partial charge is 0.419 e. The van der Waals surface area contributed by atoms with Crippen molar-refractivity contribution in [1.29, 1.82) is 0 Å². The second-order valence-corrected chi connectivity index (χ2v) is 9.63. The molecule has 0 amide bonds. The molecule has 5 rings (SSSR count). The molecular formula is C22H22F3N3O3S. The maximum absolute atomic E-state index is 13.4. The van der Waals surface area contributed by atoms with E-state index in [1.165, 1.54) is 43.2 Å². The van der Waals surface area contributed by atoms with E-state index in [4.69, 9.17) is 10.2 Å². The summed E-state index contributed by atoms with van der Waals surface area (Å²) in [6.45, 7) is 0. The molecule has 6 nitrogen and oxygen atoms in total. The number of nitrogens with zero attached hydrogens (tertiary/aromatic N) is 1. The third-order valence-electron chi connectivity index (χ3n) is 4.90. The number of benzene rings is 2. The van der Waals surface area contributed by atoms with Gasteiger partial charge in [0.25, 0.3) is 0 Å². The SMILES string of the molecule is NC1CC1.O=S(=O)(c1ccccc1)c1nc(-c2ccccc2C(F)(F)F)oc1NC1CC1. The highest BCUT2D eigenvalue weighted by Crippen LogP contribution is 2.40. The highest BCUT2D eigenvalue weighted by atomic mass is 32.2. The maximum atomic E-state index is 13.4. The fourth-order valence-electron chi connectivity index (χ4n) is 2.83. The van der Waals surface area contributed by atoms with Crippen molar-refractivity contribution in [3.63, 3.8) is 0 Å². The van der Waals surface area contributed by atoms with Gasteiger partial charge >= 0.3 is 6.18 Å². The number of alkyl halides is 3.